The highest BCUT2D eigenvalue weighted by molar-refractivity contribution is 7.07. The predicted octanol–water partition coefficient (Wildman–Crippen LogP) is 2.33. The summed E-state index contributed by atoms with van der Waals surface area (Å²) in [5.74, 6) is 0. The zero-order chi connectivity index (χ0) is 9.26. The maximum Gasteiger partial charge on any atom is 0.186 e. The Morgan fingerprint density at radius 3 is 2.69 bits per heavy atom. The summed E-state index contributed by atoms with van der Waals surface area (Å²) in [4.78, 5) is 0.564. The molecule has 0 aliphatic carbocycles. The Hall–Kier alpha value is -1.35. The lowest BCUT2D eigenvalue weighted by molar-refractivity contribution is 0.968. The van der Waals surface area contributed by atoms with Gasteiger partial charge in [0.2, 0.25) is 0 Å². The molecule has 0 fully saturated rings. The van der Waals surface area contributed by atoms with Gasteiger partial charge in [-0.1, -0.05) is 18.2 Å². The van der Waals surface area contributed by atoms with Gasteiger partial charge in [0.05, 0.1) is 5.69 Å². The molecule has 2 rings (SSSR count). The molecule has 2 aromatic rings. The van der Waals surface area contributed by atoms with Gasteiger partial charge in [-0.3, -0.25) is 9.98 Å². The molecule has 0 bridgehead atoms. The van der Waals surface area contributed by atoms with Gasteiger partial charge in [0.25, 0.3) is 0 Å². The van der Waals surface area contributed by atoms with Gasteiger partial charge in [0.1, 0.15) is 0 Å². The van der Waals surface area contributed by atoms with E-state index >= 15 is 0 Å². The van der Waals surface area contributed by atoms with Crippen molar-refractivity contribution in [1.29, 1.82) is 5.41 Å². The molecule has 1 heterocycles. The number of hydrogen-bond donors (Lipinski definition) is 1. The third kappa shape index (κ3) is 1.42. The van der Waals surface area contributed by atoms with Crippen molar-refractivity contribution in [3.05, 3.63) is 46.2 Å². The lowest BCUT2D eigenvalue weighted by Gasteiger charge is -2.04. The van der Waals surface area contributed by atoms with Crippen molar-refractivity contribution in [2.24, 2.45) is 0 Å². The summed E-state index contributed by atoms with van der Waals surface area (Å²) in [5, 5.41) is 9.59. The quantitative estimate of drug-likeness (QED) is 0.715. The van der Waals surface area contributed by atoms with E-state index in [0.717, 1.165) is 5.69 Å². The van der Waals surface area contributed by atoms with Crippen molar-refractivity contribution in [3.8, 4) is 5.69 Å². The van der Waals surface area contributed by atoms with Gasteiger partial charge >= 0.3 is 0 Å². The molecule has 0 atom stereocenters. The van der Waals surface area contributed by atoms with Crippen LogP contribution in [0.1, 0.15) is 5.56 Å². The molecular formula is C10H10N2S. The van der Waals surface area contributed by atoms with Gasteiger partial charge in [-0.25, -0.2) is 0 Å². The minimum atomic E-state index is 0.564. The lowest BCUT2D eigenvalue weighted by atomic mass is 10.2. The maximum absolute atomic E-state index is 7.67. The van der Waals surface area contributed by atoms with E-state index in [1.165, 1.54) is 16.9 Å². The van der Waals surface area contributed by atoms with Gasteiger partial charge in [0.15, 0.2) is 4.80 Å². The molecule has 0 unspecified atom stereocenters. The van der Waals surface area contributed by atoms with E-state index in [1.54, 1.807) is 0 Å². The fourth-order valence-electron chi connectivity index (χ4n) is 1.30. The van der Waals surface area contributed by atoms with Crippen molar-refractivity contribution >= 4 is 11.3 Å². The highest BCUT2D eigenvalue weighted by atomic mass is 32.1. The molecule has 0 aliphatic heterocycles. The minimum absolute atomic E-state index is 0.564. The summed E-state index contributed by atoms with van der Waals surface area (Å²) < 4.78 is 1.89. The first-order chi connectivity index (χ1) is 6.29. The SMILES string of the molecule is Cc1ccccc1-n1ccsc1=N. The molecule has 0 spiro atoms. The summed E-state index contributed by atoms with van der Waals surface area (Å²) in [7, 11) is 0. The van der Waals surface area contributed by atoms with Crippen LogP contribution in [0.3, 0.4) is 0 Å². The normalized spacial score (nSPS) is 10.2. The Balaban J connectivity index is 2.66. The second-order valence-electron chi connectivity index (χ2n) is 2.86. The highest BCUT2D eigenvalue weighted by Crippen LogP contribution is 2.11. The van der Waals surface area contributed by atoms with Crippen LogP contribution in [-0.2, 0) is 0 Å². The van der Waals surface area contributed by atoms with Crippen LogP contribution in [0.2, 0.25) is 0 Å². The predicted molar refractivity (Wildman–Crippen MR) is 54.2 cm³/mol. The Morgan fingerprint density at radius 1 is 1.31 bits per heavy atom. The summed E-state index contributed by atoms with van der Waals surface area (Å²) >= 11 is 1.44. The molecule has 1 N–H and O–H groups in total. The topological polar surface area (TPSA) is 28.8 Å². The average molecular weight is 190 g/mol. The van der Waals surface area contributed by atoms with Crippen molar-refractivity contribution in [3.63, 3.8) is 0 Å². The number of rotatable bonds is 1. The minimum Gasteiger partial charge on any atom is -0.293 e. The van der Waals surface area contributed by atoms with Crippen LogP contribution >= 0.6 is 11.3 Å². The van der Waals surface area contributed by atoms with Gasteiger partial charge in [0, 0.05) is 11.6 Å². The Kier molecular flexibility index (Phi) is 2.02. The molecule has 3 heteroatoms. The van der Waals surface area contributed by atoms with Crippen LogP contribution in [0.15, 0.2) is 35.8 Å². The third-order valence-electron chi connectivity index (χ3n) is 1.98. The van der Waals surface area contributed by atoms with Crippen molar-refractivity contribution in [2.45, 2.75) is 6.92 Å². The molecular weight excluding hydrogens is 180 g/mol. The van der Waals surface area contributed by atoms with E-state index in [2.05, 4.69) is 13.0 Å². The lowest BCUT2D eigenvalue weighted by Crippen LogP contribution is -2.10. The van der Waals surface area contributed by atoms with Crippen LogP contribution in [0.5, 0.6) is 0 Å². The second kappa shape index (κ2) is 3.18. The summed E-state index contributed by atoms with van der Waals surface area (Å²) in [6, 6.07) is 8.08. The summed E-state index contributed by atoms with van der Waals surface area (Å²) in [5.41, 5.74) is 2.29. The van der Waals surface area contributed by atoms with Crippen molar-refractivity contribution in [2.75, 3.05) is 0 Å². The standard InChI is InChI=1S/C10H10N2S/c1-8-4-2-3-5-9(8)12-6-7-13-10(12)11/h2-7,11H,1H3. The zero-order valence-electron chi connectivity index (χ0n) is 7.32. The van der Waals surface area contributed by atoms with Gasteiger partial charge in [-0.2, -0.15) is 0 Å². The molecule has 13 heavy (non-hydrogen) atoms. The van der Waals surface area contributed by atoms with Crippen molar-refractivity contribution < 1.29 is 0 Å². The Morgan fingerprint density at radius 2 is 2.08 bits per heavy atom. The Bertz CT molecular complexity index is 468. The number of hydrogen-bond acceptors (Lipinski definition) is 2. The second-order valence-corrected chi connectivity index (χ2v) is 3.76. The van der Waals surface area contributed by atoms with Crippen LogP contribution in [0.4, 0.5) is 0 Å². The third-order valence-corrected chi connectivity index (χ3v) is 2.66. The number of aryl methyl sites for hydroxylation is 1. The van der Waals surface area contributed by atoms with E-state index < -0.39 is 0 Å². The van der Waals surface area contributed by atoms with E-state index in [-0.39, 0.29) is 0 Å². The molecule has 0 aliphatic rings. The fourth-order valence-corrected chi connectivity index (χ4v) is 1.89. The molecule has 1 aromatic heterocycles. The van der Waals surface area contributed by atoms with Crippen LogP contribution in [0, 0.1) is 12.3 Å². The number of thiazole rings is 1. The molecule has 1 aromatic carbocycles. The first-order valence-corrected chi connectivity index (χ1v) is 4.94. The fraction of sp³-hybridized carbons (Fsp3) is 0.100. The van der Waals surface area contributed by atoms with E-state index in [0.29, 0.717) is 4.80 Å². The smallest absolute Gasteiger partial charge is 0.186 e. The number of aromatic nitrogens is 1. The molecule has 0 saturated heterocycles. The number of benzene rings is 1. The monoisotopic (exact) mass is 190 g/mol. The van der Waals surface area contributed by atoms with Crippen LogP contribution in [0.25, 0.3) is 5.69 Å². The summed E-state index contributed by atoms with van der Waals surface area (Å²) in [6.07, 6.45) is 1.93. The highest BCUT2D eigenvalue weighted by Gasteiger charge is 1.99. The van der Waals surface area contributed by atoms with Gasteiger partial charge < -0.3 is 0 Å². The number of para-hydroxylation sites is 1. The van der Waals surface area contributed by atoms with E-state index in [1.807, 2.05) is 34.3 Å². The van der Waals surface area contributed by atoms with Gasteiger partial charge in [-0.15, -0.1) is 11.3 Å². The molecule has 0 radical (unpaired) electrons. The summed E-state index contributed by atoms with van der Waals surface area (Å²) in [6.45, 7) is 2.06. The van der Waals surface area contributed by atoms with Crippen molar-refractivity contribution in [1.82, 2.24) is 4.57 Å². The largest absolute Gasteiger partial charge is 0.293 e. The van der Waals surface area contributed by atoms with Gasteiger partial charge in [-0.05, 0) is 18.6 Å². The molecule has 0 amide bonds. The zero-order valence-corrected chi connectivity index (χ0v) is 8.14. The number of nitrogens with zero attached hydrogens (tertiary/aromatic N) is 1. The van der Waals surface area contributed by atoms with E-state index in [4.69, 9.17) is 5.41 Å². The Labute approximate surface area is 80.6 Å². The first-order valence-electron chi connectivity index (χ1n) is 4.06. The van der Waals surface area contributed by atoms with Crippen LogP contribution in [-0.4, -0.2) is 4.57 Å². The first kappa shape index (κ1) is 8.26. The maximum atomic E-state index is 7.67. The van der Waals surface area contributed by atoms with E-state index in [9.17, 15) is 0 Å². The number of nitrogens with one attached hydrogen (secondary N) is 1. The molecule has 0 saturated carbocycles. The molecule has 66 valence electrons. The van der Waals surface area contributed by atoms with Crippen LogP contribution < -0.4 is 4.80 Å². The average Bonchev–Trinajstić information content (AvgIpc) is 2.52. The molecule has 2 nitrogen and oxygen atoms in total.